The van der Waals surface area contributed by atoms with Crippen LogP contribution in [-0.4, -0.2) is 86.4 Å². The van der Waals surface area contributed by atoms with Crippen LogP contribution in [0.4, 0.5) is 11.5 Å². The molecule has 2 aliphatic heterocycles. The van der Waals surface area contributed by atoms with Crippen molar-refractivity contribution in [2.24, 2.45) is 7.05 Å². The zero-order valence-electron chi connectivity index (χ0n) is 17.8. The fraction of sp³-hybridized carbons (Fsp3) is 0.550. The topological polar surface area (TPSA) is 129 Å². The van der Waals surface area contributed by atoms with Crippen LogP contribution in [0.25, 0.3) is 0 Å². The lowest BCUT2D eigenvalue weighted by Crippen LogP contribution is -2.56. The van der Waals surface area contributed by atoms with E-state index in [1.807, 2.05) is 17.9 Å². The Labute approximate surface area is 180 Å². The van der Waals surface area contributed by atoms with Crippen molar-refractivity contribution in [1.29, 1.82) is 0 Å². The predicted molar refractivity (Wildman–Crippen MR) is 114 cm³/mol. The summed E-state index contributed by atoms with van der Waals surface area (Å²) < 4.78 is 1.87. The maximum absolute atomic E-state index is 12.5. The highest BCUT2D eigenvalue weighted by Crippen LogP contribution is 2.26. The number of rotatable bonds is 7. The Hall–Kier alpha value is -3.21. The highest BCUT2D eigenvalue weighted by atomic mass is 16.3. The number of nitrogens with zero attached hydrogens (tertiary/aromatic N) is 6. The van der Waals surface area contributed by atoms with Crippen LogP contribution in [0.2, 0.25) is 0 Å². The normalized spacial score (nSPS) is 17.0. The molecule has 0 aromatic carbocycles. The molecule has 1 saturated heterocycles. The first-order chi connectivity index (χ1) is 14.9. The van der Waals surface area contributed by atoms with Gasteiger partial charge in [0.15, 0.2) is 0 Å². The van der Waals surface area contributed by atoms with Gasteiger partial charge >= 0.3 is 0 Å². The monoisotopic (exact) mass is 428 g/mol. The lowest BCUT2D eigenvalue weighted by molar-refractivity contribution is -0.132. The van der Waals surface area contributed by atoms with Crippen LogP contribution < -0.4 is 15.5 Å². The van der Waals surface area contributed by atoms with Gasteiger partial charge in [-0.2, -0.15) is 5.10 Å². The summed E-state index contributed by atoms with van der Waals surface area (Å²) in [5, 5.41) is 20.7. The number of aryl methyl sites for hydroxylation is 1. The van der Waals surface area contributed by atoms with E-state index in [-0.39, 0.29) is 30.1 Å². The average Bonchev–Trinajstić information content (AvgIpc) is 3.10. The van der Waals surface area contributed by atoms with Crippen LogP contribution in [-0.2, 0) is 18.3 Å². The van der Waals surface area contributed by atoms with E-state index in [4.69, 9.17) is 0 Å². The quantitative estimate of drug-likeness (QED) is 0.533. The molecule has 166 valence electrons. The molecule has 2 aromatic heterocycles. The van der Waals surface area contributed by atoms with Gasteiger partial charge in [0.05, 0.1) is 29.7 Å². The van der Waals surface area contributed by atoms with Gasteiger partial charge in [0.25, 0.3) is 5.91 Å². The summed E-state index contributed by atoms with van der Waals surface area (Å²) in [6.07, 6.45) is 4.42. The molecule has 2 aromatic rings. The van der Waals surface area contributed by atoms with E-state index in [1.54, 1.807) is 17.9 Å². The van der Waals surface area contributed by atoms with Crippen LogP contribution in [0.5, 0.6) is 0 Å². The molecule has 4 heterocycles. The summed E-state index contributed by atoms with van der Waals surface area (Å²) in [4.78, 5) is 35.8. The highest BCUT2D eigenvalue weighted by molar-refractivity contribution is 5.92. The molecule has 1 atom stereocenters. The lowest BCUT2D eigenvalue weighted by Gasteiger charge is -2.39. The molecule has 2 amide bonds. The van der Waals surface area contributed by atoms with E-state index < -0.39 is 6.10 Å². The molecule has 0 unspecified atom stereocenters. The van der Waals surface area contributed by atoms with Gasteiger partial charge in [0.2, 0.25) is 5.91 Å². The molecule has 0 saturated carbocycles. The van der Waals surface area contributed by atoms with Gasteiger partial charge in [-0.05, 0) is 12.8 Å². The Bertz CT molecular complexity index is 956. The van der Waals surface area contributed by atoms with Crippen LogP contribution >= 0.6 is 0 Å². The van der Waals surface area contributed by atoms with Gasteiger partial charge in [0.1, 0.15) is 17.8 Å². The van der Waals surface area contributed by atoms with Crippen LogP contribution in [0.1, 0.15) is 29.5 Å². The van der Waals surface area contributed by atoms with E-state index in [2.05, 4.69) is 30.6 Å². The number of β-amino-alcohol motifs (C(OH)–C–C–N with tert-alkyl or cyclic N) is 1. The number of aromatic nitrogens is 4. The summed E-state index contributed by atoms with van der Waals surface area (Å²) in [5.74, 6) is 0.208. The average molecular weight is 428 g/mol. The van der Waals surface area contributed by atoms with Gasteiger partial charge in [-0.25, -0.2) is 9.97 Å². The summed E-state index contributed by atoms with van der Waals surface area (Å²) in [6.45, 7) is 4.16. The smallest absolute Gasteiger partial charge is 0.270 e. The number of hydrogen-bond acceptors (Lipinski definition) is 8. The van der Waals surface area contributed by atoms with E-state index in [9.17, 15) is 14.7 Å². The molecular weight excluding hydrogens is 400 g/mol. The number of amides is 2. The molecule has 0 aliphatic carbocycles. The minimum Gasteiger partial charge on any atom is -0.389 e. The molecule has 11 heteroatoms. The van der Waals surface area contributed by atoms with Crippen molar-refractivity contribution in [3.8, 4) is 0 Å². The van der Waals surface area contributed by atoms with E-state index in [0.29, 0.717) is 25.5 Å². The Morgan fingerprint density at radius 1 is 1.32 bits per heavy atom. The lowest BCUT2D eigenvalue weighted by atomic mass is 10.1. The van der Waals surface area contributed by atoms with Crippen molar-refractivity contribution in [3.63, 3.8) is 0 Å². The highest BCUT2D eigenvalue weighted by Gasteiger charge is 2.28. The number of hydrogen-bond donors (Lipinski definition) is 3. The Kier molecular flexibility index (Phi) is 6.03. The number of carbonyl (C=O) groups is 2. The van der Waals surface area contributed by atoms with Crippen molar-refractivity contribution < 1.29 is 14.7 Å². The molecule has 3 N–H and O–H groups in total. The molecule has 1 fully saturated rings. The summed E-state index contributed by atoms with van der Waals surface area (Å²) >= 11 is 0. The van der Waals surface area contributed by atoms with E-state index in [0.717, 1.165) is 25.1 Å². The number of aliphatic hydroxyl groups excluding tert-OH is 1. The third kappa shape index (κ3) is 4.76. The Morgan fingerprint density at radius 2 is 2.13 bits per heavy atom. The third-order valence-corrected chi connectivity index (χ3v) is 5.73. The standard InChI is InChI=1S/C20H28N8O3/c1-13(29)28-9-14(10-28)25-19-6-16(22-12-23-19)20(31)21-7-15(30)11-27-5-3-4-17-18(27)8-24-26(17)2/h6,8,12,14-15,30H,3-5,7,9-11H2,1-2H3,(H,21,31)(H,22,23,25)/t15-/m0/s1. The molecular formula is C20H28N8O3. The van der Waals surface area contributed by atoms with E-state index in [1.165, 1.54) is 12.0 Å². The molecule has 0 bridgehead atoms. The molecule has 11 nitrogen and oxygen atoms in total. The van der Waals surface area contributed by atoms with Crippen molar-refractivity contribution in [1.82, 2.24) is 30.0 Å². The minimum atomic E-state index is -0.720. The minimum absolute atomic E-state index is 0.0451. The fourth-order valence-corrected chi connectivity index (χ4v) is 3.97. The van der Waals surface area contributed by atoms with Gasteiger partial charge in [-0.3, -0.25) is 14.3 Å². The fourth-order valence-electron chi connectivity index (χ4n) is 3.97. The number of fused-ring (bicyclic) bond motifs is 1. The zero-order chi connectivity index (χ0) is 22.0. The number of aliphatic hydroxyl groups is 1. The largest absolute Gasteiger partial charge is 0.389 e. The molecule has 0 spiro atoms. The Balaban J connectivity index is 1.27. The first kappa shape index (κ1) is 21.0. The summed E-state index contributed by atoms with van der Waals surface area (Å²) in [6, 6.07) is 1.68. The van der Waals surface area contributed by atoms with Crippen LogP contribution in [0.15, 0.2) is 18.6 Å². The third-order valence-electron chi connectivity index (χ3n) is 5.73. The first-order valence-corrected chi connectivity index (χ1v) is 10.5. The summed E-state index contributed by atoms with van der Waals surface area (Å²) in [5.41, 5.74) is 2.44. The number of nitrogens with one attached hydrogen (secondary N) is 2. The second-order valence-electron chi connectivity index (χ2n) is 8.07. The molecule has 0 radical (unpaired) electrons. The second-order valence-corrected chi connectivity index (χ2v) is 8.07. The summed E-state index contributed by atoms with van der Waals surface area (Å²) in [7, 11) is 1.92. The predicted octanol–water partition coefficient (Wildman–Crippen LogP) is -0.604. The van der Waals surface area contributed by atoms with E-state index >= 15 is 0 Å². The number of anilines is 2. The molecule has 31 heavy (non-hydrogen) atoms. The maximum Gasteiger partial charge on any atom is 0.270 e. The van der Waals surface area contributed by atoms with Gasteiger partial charge in [0, 0.05) is 52.8 Å². The van der Waals surface area contributed by atoms with Gasteiger partial charge in [-0.15, -0.1) is 0 Å². The van der Waals surface area contributed by atoms with Crippen molar-refractivity contribution in [2.45, 2.75) is 31.9 Å². The first-order valence-electron chi connectivity index (χ1n) is 10.5. The SMILES string of the molecule is CC(=O)N1CC(Nc2cc(C(=O)NC[C@H](O)CN3CCCc4c3cnn4C)ncn2)C1. The maximum atomic E-state index is 12.5. The van der Waals surface area contributed by atoms with Crippen molar-refractivity contribution in [3.05, 3.63) is 30.0 Å². The van der Waals surface area contributed by atoms with Crippen molar-refractivity contribution >= 4 is 23.3 Å². The van der Waals surface area contributed by atoms with Crippen LogP contribution in [0.3, 0.4) is 0 Å². The molecule has 2 aliphatic rings. The van der Waals surface area contributed by atoms with Gasteiger partial charge in [-0.1, -0.05) is 0 Å². The number of likely N-dealkylation sites (tertiary alicyclic amines) is 1. The van der Waals surface area contributed by atoms with Crippen molar-refractivity contribution in [2.75, 3.05) is 42.9 Å². The zero-order valence-corrected chi connectivity index (χ0v) is 17.8. The second kappa shape index (κ2) is 8.88. The van der Waals surface area contributed by atoms with Gasteiger partial charge < -0.3 is 25.5 Å². The van der Waals surface area contributed by atoms with Crippen LogP contribution in [0, 0.1) is 0 Å². The molecule has 4 rings (SSSR count). The number of carbonyl (C=O) groups excluding carboxylic acids is 2. The Morgan fingerprint density at radius 3 is 2.90 bits per heavy atom.